The van der Waals surface area contributed by atoms with Gasteiger partial charge in [0.1, 0.15) is 73.2 Å². The zero-order chi connectivity index (χ0) is 64.0. The van der Waals surface area contributed by atoms with Crippen LogP contribution in [0.3, 0.4) is 0 Å². The van der Waals surface area contributed by atoms with Crippen LogP contribution in [-0.4, -0.2) is 193 Å². The number of amides is 1. The average Bonchev–Trinajstić information content (AvgIpc) is 0.949. The number of aliphatic hydroxyl groups is 11. The summed E-state index contributed by atoms with van der Waals surface area (Å²) in [6.45, 7) is 1.71. The van der Waals surface area contributed by atoms with Crippen LogP contribution in [0.2, 0.25) is 0 Å². The van der Waals surface area contributed by atoms with E-state index in [1.807, 2.05) is 0 Å². The molecule has 12 N–H and O–H groups in total. The van der Waals surface area contributed by atoms with Gasteiger partial charge in [-0.15, -0.1) is 0 Å². The normalized spacial score (nSPS) is 28.6. The molecule has 19 heteroatoms. The smallest absolute Gasteiger partial charge is 0.220 e. The molecule has 0 aliphatic carbocycles. The number of carbonyl (C=O) groups is 1. The van der Waals surface area contributed by atoms with Gasteiger partial charge >= 0.3 is 0 Å². The molecule has 0 aromatic rings. The molecule has 0 aromatic heterocycles. The van der Waals surface area contributed by atoms with E-state index < -0.39 is 124 Å². The van der Waals surface area contributed by atoms with Crippen molar-refractivity contribution in [2.24, 2.45) is 0 Å². The Bertz CT molecular complexity index is 1740. The van der Waals surface area contributed by atoms with Crippen molar-refractivity contribution >= 4 is 5.91 Å². The molecule has 0 bridgehead atoms. The maximum Gasteiger partial charge on any atom is 0.220 e. The Morgan fingerprint density at radius 1 is 0.409 bits per heavy atom. The summed E-state index contributed by atoms with van der Waals surface area (Å²) in [6.07, 6.45) is 33.3. The number of hydrogen-bond donors (Lipinski definition) is 12. The van der Waals surface area contributed by atoms with Gasteiger partial charge in [0, 0.05) is 6.42 Å². The third kappa shape index (κ3) is 33.2. The van der Waals surface area contributed by atoms with Gasteiger partial charge in [0.2, 0.25) is 5.91 Å². The first kappa shape index (κ1) is 80.2. The first-order valence-corrected chi connectivity index (χ1v) is 35.2. The predicted octanol–water partition coefficient (Wildman–Crippen LogP) is 9.22. The minimum absolute atomic E-state index is 0.245. The number of carbonyl (C=O) groups excluding carboxylic acids is 1. The van der Waals surface area contributed by atoms with Crippen molar-refractivity contribution in [3.8, 4) is 0 Å². The molecule has 3 heterocycles. The highest BCUT2D eigenvalue weighted by Crippen LogP contribution is 2.33. The van der Waals surface area contributed by atoms with Crippen molar-refractivity contribution in [3.63, 3.8) is 0 Å². The van der Waals surface area contributed by atoms with Gasteiger partial charge < -0.3 is 89.9 Å². The Balaban J connectivity index is 1.24. The summed E-state index contributed by atoms with van der Waals surface area (Å²) in [5, 5.41) is 120. The third-order valence-corrected chi connectivity index (χ3v) is 17.7. The Morgan fingerprint density at radius 2 is 0.750 bits per heavy atom. The van der Waals surface area contributed by atoms with Gasteiger partial charge in [-0.25, -0.2) is 0 Å². The number of allylic oxidation sites excluding steroid dienone is 6. The zero-order valence-corrected chi connectivity index (χ0v) is 54.5. The van der Waals surface area contributed by atoms with E-state index in [-0.39, 0.29) is 18.9 Å². The second-order valence-electron chi connectivity index (χ2n) is 25.3. The average molecular weight is 1260 g/mol. The van der Waals surface area contributed by atoms with Crippen LogP contribution in [0.25, 0.3) is 0 Å². The molecular weight excluding hydrogens is 1130 g/mol. The summed E-state index contributed by atoms with van der Waals surface area (Å²) < 4.78 is 34.2. The Kier molecular flexibility index (Phi) is 46.9. The lowest BCUT2D eigenvalue weighted by Gasteiger charge is -2.48. The topological polar surface area (TPSA) is 307 Å². The molecule has 0 saturated carbocycles. The summed E-state index contributed by atoms with van der Waals surface area (Å²) in [5.74, 6) is -0.245. The molecule has 88 heavy (non-hydrogen) atoms. The SMILES string of the molecule is CCCCCCC/C=C\C/C=C\C/C=C\CCCCCCCCCCCCCCCCCCCCCCCCC(=O)NC(COC1OC(CO)C(OC2OC(CO)C(OC3OC(CO)C(O)C(O)C3O)C(O)C2O)C(O)C1O)C(O)CCCCCCCC. The molecule has 3 aliphatic rings. The monoisotopic (exact) mass is 1260 g/mol. The van der Waals surface area contributed by atoms with Crippen LogP contribution in [0.4, 0.5) is 0 Å². The van der Waals surface area contributed by atoms with E-state index in [4.69, 9.17) is 28.4 Å². The summed E-state index contributed by atoms with van der Waals surface area (Å²) in [4.78, 5) is 13.3. The van der Waals surface area contributed by atoms with Gasteiger partial charge in [0.25, 0.3) is 0 Å². The number of hydrogen-bond acceptors (Lipinski definition) is 18. The minimum atomic E-state index is -1.97. The Hall–Kier alpha value is -1.99. The molecule has 0 aromatic carbocycles. The molecule has 0 radical (unpaired) electrons. The van der Waals surface area contributed by atoms with Gasteiger partial charge in [-0.3, -0.25) is 4.79 Å². The van der Waals surface area contributed by atoms with Crippen molar-refractivity contribution in [1.82, 2.24) is 5.32 Å². The Morgan fingerprint density at radius 3 is 1.17 bits per heavy atom. The standard InChI is InChI=1S/C69H127NO18/c1-3-5-7-9-11-12-13-14-15-16-17-18-19-20-21-22-23-24-25-26-27-28-29-30-31-32-33-34-35-36-37-38-39-40-41-43-45-47-57(75)70-52(53(74)46-44-42-10-8-6-4-2)51-83-67-63(81)60(78)65(55(49-72)85-67)88-69-64(82)61(79)66(56(50-73)86-69)87-68-62(80)59(77)58(76)54(48-71)84-68/h13-14,16-17,19-20,52-56,58-69,71-74,76-82H,3-12,15,18,21-51H2,1-2H3,(H,70,75)/b14-13-,17-16-,20-19-. The first-order valence-electron chi connectivity index (χ1n) is 35.2. The van der Waals surface area contributed by atoms with Crippen LogP contribution < -0.4 is 5.32 Å². The second-order valence-corrected chi connectivity index (χ2v) is 25.3. The number of unbranched alkanes of at least 4 members (excludes halogenated alkanes) is 32. The van der Waals surface area contributed by atoms with Crippen molar-refractivity contribution < 1.29 is 89.4 Å². The number of ether oxygens (including phenoxy) is 6. The summed E-state index contributed by atoms with van der Waals surface area (Å²) >= 11 is 0. The number of aliphatic hydroxyl groups excluding tert-OH is 11. The van der Waals surface area contributed by atoms with E-state index in [0.29, 0.717) is 12.8 Å². The third-order valence-electron chi connectivity index (χ3n) is 17.7. The van der Waals surface area contributed by atoms with Gasteiger partial charge in [-0.2, -0.15) is 0 Å². The van der Waals surface area contributed by atoms with Crippen molar-refractivity contribution in [3.05, 3.63) is 36.5 Å². The highest BCUT2D eigenvalue weighted by molar-refractivity contribution is 5.76. The van der Waals surface area contributed by atoms with Crippen LogP contribution in [0.15, 0.2) is 36.5 Å². The van der Waals surface area contributed by atoms with Crippen LogP contribution >= 0.6 is 0 Å². The van der Waals surface area contributed by atoms with Gasteiger partial charge in [-0.05, 0) is 51.4 Å². The summed E-state index contributed by atoms with van der Waals surface area (Å²) in [7, 11) is 0. The molecule has 17 atom stereocenters. The summed E-state index contributed by atoms with van der Waals surface area (Å²) in [6, 6.07) is -0.882. The van der Waals surface area contributed by atoms with Gasteiger partial charge in [0.15, 0.2) is 18.9 Å². The fourth-order valence-electron chi connectivity index (χ4n) is 12.0. The van der Waals surface area contributed by atoms with Crippen molar-refractivity contribution in [2.75, 3.05) is 26.4 Å². The molecule has 3 fully saturated rings. The molecule has 3 rings (SSSR count). The lowest BCUT2D eigenvalue weighted by atomic mass is 9.96. The largest absolute Gasteiger partial charge is 0.394 e. The predicted molar refractivity (Wildman–Crippen MR) is 342 cm³/mol. The molecular formula is C69H127NO18. The van der Waals surface area contributed by atoms with E-state index in [9.17, 15) is 61.0 Å². The molecule has 516 valence electrons. The number of rotatable bonds is 54. The number of nitrogens with one attached hydrogen (secondary N) is 1. The molecule has 17 unspecified atom stereocenters. The molecule has 3 aliphatic heterocycles. The van der Waals surface area contributed by atoms with Gasteiger partial charge in [0.05, 0.1) is 38.6 Å². The van der Waals surface area contributed by atoms with Crippen molar-refractivity contribution in [1.29, 1.82) is 0 Å². The van der Waals surface area contributed by atoms with Crippen LogP contribution in [-0.2, 0) is 33.2 Å². The van der Waals surface area contributed by atoms with E-state index in [2.05, 4.69) is 55.6 Å². The van der Waals surface area contributed by atoms with Crippen LogP contribution in [0, 0.1) is 0 Å². The lowest BCUT2D eigenvalue weighted by molar-refractivity contribution is -0.379. The quantitative estimate of drug-likeness (QED) is 0.0199. The highest BCUT2D eigenvalue weighted by atomic mass is 16.8. The van der Waals surface area contributed by atoms with E-state index in [1.165, 1.54) is 161 Å². The van der Waals surface area contributed by atoms with Gasteiger partial charge in [-0.1, -0.05) is 243 Å². The Labute approximate surface area is 530 Å². The van der Waals surface area contributed by atoms with Crippen molar-refractivity contribution in [2.45, 2.75) is 369 Å². The van der Waals surface area contributed by atoms with Crippen LogP contribution in [0.1, 0.15) is 264 Å². The molecule has 0 spiro atoms. The molecule has 1 amide bonds. The first-order chi connectivity index (χ1) is 42.8. The summed E-state index contributed by atoms with van der Waals surface area (Å²) in [5.41, 5.74) is 0. The molecule has 19 nitrogen and oxygen atoms in total. The second kappa shape index (κ2) is 51.4. The fraction of sp³-hybridized carbons (Fsp3) is 0.899. The van der Waals surface area contributed by atoms with E-state index >= 15 is 0 Å². The maximum absolute atomic E-state index is 13.3. The molecule has 3 saturated heterocycles. The van der Waals surface area contributed by atoms with E-state index in [0.717, 1.165) is 70.6 Å². The zero-order valence-electron chi connectivity index (χ0n) is 54.5. The minimum Gasteiger partial charge on any atom is -0.394 e. The maximum atomic E-state index is 13.3. The lowest BCUT2D eigenvalue weighted by Crippen LogP contribution is -2.66. The van der Waals surface area contributed by atoms with Crippen LogP contribution in [0.5, 0.6) is 0 Å². The fourth-order valence-corrected chi connectivity index (χ4v) is 12.0. The van der Waals surface area contributed by atoms with E-state index in [1.54, 1.807) is 0 Å². The highest BCUT2D eigenvalue weighted by Gasteiger charge is 2.53.